The maximum atomic E-state index is 13.0. The highest BCUT2D eigenvalue weighted by molar-refractivity contribution is 6.08. The van der Waals surface area contributed by atoms with E-state index in [2.05, 4.69) is 16.5 Å². The van der Waals surface area contributed by atoms with Crippen molar-refractivity contribution >= 4 is 11.6 Å². The van der Waals surface area contributed by atoms with Gasteiger partial charge in [-0.15, -0.1) is 0 Å². The lowest BCUT2D eigenvalue weighted by Gasteiger charge is -2.22. The van der Waals surface area contributed by atoms with Crippen LogP contribution in [0.25, 0.3) is 0 Å². The van der Waals surface area contributed by atoms with E-state index in [0.717, 1.165) is 42.2 Å². The van der Waals surface area contributed by atoms with E-state index >= 15 is 0 Å². The number of hydrogen-bond donors (Lipinski definition) is 1. The summed E-state index contributed by atoms with van der Waals surface area (Å²) < 4.78 is 5.28. The molecule has 5 nitrogen and oxygen atoms in total. The number of amides is 1. The second-order valence-electron chi connectivity index (χ2n) is 5.85. The minimum atomic E-state index is -0.397. The summed E-state index contributed by atoms with van der Waals surface area (Å²) in [6, 6.07) is 9.96. The molecule has 1 aromatic carbocycles. The third kappa shape index (κ3) is 1.74. The monoisotopic (exact) mass is 283 g/mol. The van der Waals surface area contributed by atoms with Gasteiger partial charge in [-0.1, -0.05) is 23.4 Å². The van der Waals surface area contributed by atoms with Gasteiger partial charge >= 0.3 is 0 Å². The lowest BCUT2D eigenvalue weighted by atomic mass is 9.81. The fourth-order valence-corrected chi connectivity index (χ4v) is 3.50. The summed E-state index contributed by atoms with van der Waals surface area (Å²) in [4.78, 5) is 14.9. The Balaban J connectivity index is 1.76. The van der Waals surface area contributed by atoms with Crippen LogP contribution in [0.3, 0.4) is 0 Å². The average molecular weight is 283 g/mol. The van der Waals surface area contributed by atoms with Crippen molar-refractivity contribution in [1.29, 1.82) is 0 Å². The third-order valence-corrected chi connectivity index (χ3v) is 4.51. The predicted octanol–water partition coefficient (Wildman–Crippen LogP) is 1.76. The zero-order valence-corrected chi connectivity index (χ0v) is 11.9. The Kier molecular flexibility index (Phi) is 2.65. The molecule has 1 N–H and O–H groups in total. The lowest BCUT2D eigenvalue weighted by Crippen LogP contribution is -2.41. The highest BCUT2D eigenvalue weighted by Crippen LogP contribution is 2.45. The van der Waals surface area contributed by atoms with Gasteiger partial charge in [0.1, 0.15) is 0 Å². The van der Waals surface area contributed by atoms with E-state index in [4.69, 9.17) is 4.52 Å². The number of rotatable bonds is 2. The topological polar surface area (TPSA) is 58.4 Å². The van der Waals surface area contributed by atoms with Gasteiger partial charge in [0.25, 0.3) is 0 Å². The number of aryl methyl sites for hydroxylation is 1. The molecule has 0 saturated carbocycles. The molecule has 2 aliphatic heterocycles. The molecule has 2 aliphatic rings. The standard InChI is InChI=1S/C16H17N3O2/c1-11-8-12(21-18-11)9-19-14-5-3-2-4-13(14)16(15(19)20)6-7-17-10-16/h2-5,8,17H,6-7,9-10H2,1H3. The van der Waals surface area contributed by atoms with Gasteiger partial charge in [0, 0.05) is 18.3 Å². The van der Waals surface area contributed by atoms with Crippen LogP contribution in [0.5, 0.6) is 0 Å². The molecule has 0 bridgehead atoms. The van der Waals surface area contributed by atoms with E-state index in [-0.39, 0.29) is 5.91 Å². The molecular formula is C16H17N3O2. The highest BCUT2D eigenvalue weighted by Gasteiger charge is 2.52. The van der Waals surface area contributed by atoms with Crippen molar-refractivity contribution in [2.24, 2.45) is 0 Å². The van der Waals surface area contributed by atoms with Crippen LogP contribution in [0.2, 0.25) is 0 Å². The number of benzene rings is 1. The van der Waals surface area contributed by atoms with Crippen LogP contribution in [0, 0.1) is 6.92 Å². The minimum absolute atomic E-state index is 0.169. The summed E-state index contributed by atoms with van der Waals surface area (Å²) in [5.74, 6) is 0.890. The third-order valence-electron chi connectivity index (χ3n) is 4.51. The molecule has 108 valence electrons. The maximum Gasteiger partial charge on any atom is 0.239 e. The Morgan fingerprint density at radius 1 is 1.43 bits per heavy atom. The highest BCUT2D eigenvalue weighted by atomic mass is 16.5. The van der Waals surface area contributed by atoms with Crippen LogP contribution in [0.4, 0.5) is 5.69 Å². The molecule has 5 heteroatoms. The van der Waals surface area contributed by atoms with Gasteiger partial charge in [-0.3, -0.25) is 4.79 Å². The molecule has 1 saturated heterocycles. The quantitative estimate of drug-likeness (QED) is 0.912. The number of nitrogens with zero attached hydrogens (tertiary/aromatic N) is 2. The van der Waals surface area contributed by atoms with Crippen molar-refractivity contribution in [2.75, 3.05) is 18.0 Å². The second-order valence-corrected chi connectivity index (χ2v) is 5.85. The van der Waals surface area contributed by atoms with Crippen LogP contribution in [0.15, 0.2) is 34.9 Å². The van der Waals surface area contributed by atoms with E-state index in [1.54, 1.807) is 0 Å². The van der Waals surface area contributed by atoms with Crippen molar-refractivity contribution in [3.63, 3.8) is 0 Å². The first kappa shape index (κ1) is 12.6. The van der Waals surface area contributed by atoms with E-state index in [9.17, 15) is 4.79 Å². The number of hydrogen-bond acceptors (Lipinski definition) is 4. The summed E-state index contributed by atoms with van der Waals surface area (Å²) in [5, 5.41) is 7.23. The summed E-state index contributed by atoms with van der Waals surface area (Å²) in [6.45, 7) is 3.93. The lowest BCUT2D eigenvalue weighted by molar-refractivity contribution is -0.122. The molecule has 1 fully saturated rings. The molecule has 1 aromatic heterocycles. The molecule has 0 radical (unpaired) electrons. The van der Waals surface area contributed by atoms with Crippen LogP contribution in [-0.4, -0.2) is 24.2 Å². The zero-order chi connectivity index (χ0) is 14.4. The first-order valence-electron chi connectivity index (χ1n) is 7.25. The van der Waals surface area contributed by atoms with Crippen LogP contribution in [-0.2, 0) is 16.8 Å². The zero-order valence-electron chi connectivity index (χ0n) is 11.9. The van der Waals surface area contributed by atoms with Crippen LogP contribution < -0.4 is 10.2 Å². The van der Waals surface area contributed by atoms with Gasteiger partial charge < -0.3 is 14.7 Å². The average Bonchev–Trinajstić information content (AvgIpc) is 3.18. The van der Waals surface area contributed by atoms with Gasteiger partial charge in [0.05, 0.1) is 17.7 Å². The number of aromatic nitrogens is 1. The summed E-state index contributed by atoms with van der Waals surface area (Å²) >= 11 is 0. The van der Waals surface area contributed by atoms with Gasteiger partial charge in [0.15, 0.2) is 5.76 Å². The van der Waals surface area contributed by atoms with Gasteiger partial charge in [-0.2, -0.15) is 0 Å². The molecular weight excluding hydrogens is 266 g/mol. The van der Waals surface area contributed by atoms with E-state index in [1.165, 1.54) is 0 Å². The maximum absolute atomic E-state index is 13.0. The number of fused-ring (bicyclic) bond motifs is 2. The SMILES string of the molecule is Cc1cc(CN2C(=O)C3(CCNC3)c3ccccc32)on1. The van der Waals surface area contributed by atoms with Gasteiger partial charge in [-0.25, -0.2) is 0 Å². The Morgan fingerprint density at radius 3 is 3.00 bits per heavy atom. The number of carbonyl (C=O) groups excluding carboxylic acids is 1. The summed E-state index contributed by atoms with van der Waals surface area (Å²) in [6.07, 6.45) is 0.856. The molecule has 21 heavy (non-hydrogen) atoms. The fourth-order valence-electron chi connectivity index (χ4n) is 3.50. The fraction of sp³-hybridized carbons (Fsp3) is 0.375. The molecule has 3 heterocycles. The Labute approximate surface area is 122 Å². The van der Waals surface area contributed by atoms with E-state index < -0.39 is 5.41 Å². The van der Waals surface area contributed by atoms with Crippen molar-refractivity contribution in [3.05, 3.63) is 47.3 Å². The summed E-state index contributed by atoms with van der Waals surface area (Å²) in [7, 11) is 0. The van der Waals surface area contributed by atoms with Gasteiger partial charge in [0.2, 0.25) is 5.91 Å². The largest absolute Gasteiger partial charge is 0.359 e. The van der Waals surface area contributed by atoms with Crippen molar-refractivity contribution in [3.8, 4) is 0 Å². The van der Waals surface area contributed by atoms with Crippen LogP contribution >= 0.6 is 0 Å². The molecule has 1 spiro atoms. The molecule has 1 unspecified atom stereocenters. The predicted molar refractivity (Wildman–Crippen MR) is 78.0 cm³/mol. The molecule has 2 aromatic rings. The molecule has 4 rings (SSSR count). The summed E-state index contributed by atoms with van der Waals surface area (Å²) in [5.41, 5.74) is 2.57. The van der Waals surface area contributed by atoms with Crippen LogP contribution in [0.1, 0.15) is 23.4 Å². The van der Waals surface area contributed by atoms with Gasteiger partial charge in [-0.05, 0) is 31.5 Å². The number of anilines is 1. The smallest absolute Gasteiger partial charge is 0.239 e. The normalized spacial score (nSPS) is 24.0. The van der Waals surface area contributed by atoms with E-state index in [0.29, 0.717) is 6.54 Å². The molecule has 1 atom stereocenters. The second kappa shape index (κ2) is 4.43. The van der Waals surface area contributed by atoms with E-state index in [1.807, 2.05) is 36.1 Å². The van der Waals surface area contributed by atoms with Crippen molar-refractivity contribution in [2.45, 2.75) is 25.3 Å². The number of nitrogens with one attached hydrogen (secondary N) is 1. The first-order valence-corrected chi connectivity index (χ1v) is 7.25. The Hall–Kier alpha value is -2.14. The van der Waals surface area contributed by atoms with Crippen molar-refractivity contribution < 1.29 is 9.32 Å². The van der Waals surface area contributed by atoms with Crippen molar-refractivity contribution in [1.82, 2.24) is 10.5 Å². The Morgan fingerprint density at radius 2 is 2.29 bits per heavy atom. The number of carbonyl (C=O) groups is 1. The molecule has 0 aliphatic carbocycles. The minimum Gasteiger partial charge on any atom is -0.359 e. The molecule has 1 amide bonds. The number of para-hydroxylation sites is 1. The first-order chi connectivity index (χ1) is 10.2. The Bertz CT molecular complexity index is 701.